The number of hydrogen-bond donors (Lipinski definition) is 1. The first-order valence-electron chi connectivity index (χ1n) is 6.44. The maximum absolute atomic E-state index is 13.5. The van der Waals surface area contributed by atoms with Crippen molar-refractivity contribution in [3.63, 3.8) is 0 Å². The Labute approximate surface area is 115 Å². The van der Waals surface area contributed by atoms with Crippen molar-refractivity contribution in [1.82, 2.24) is 4.90 Å². The van der Waals surface area contributed by atoms with Crippen LogP contribution in [0.2, 0.25) is 0 Å². The molecule has 20 heavy (non-hydrogen) atoms. The SMILES string of the molecule is NCC#Cc1cc(F)cc(CN2C(=O)C3CC3C2=O)c1. The molecular weight excluding hydrogens is 259 g/mol. The van der Waals surface area contributed by atoms with E-state index in [4.69, 9.17) is 5.73 Å². The smallest absolute Gasteiger partial charge is 0.233 e. The topological polar surface area (TPSA) is 63.4 Å². The van der Waals surface area contributed by atoms with Crippen LogP contribution in [0.5, 0.6) is 0 Å². The summed E-state index contributed by atoms with van der Waals surface area (Å²) in [5, 5.41) is 0. The number of nitrogens with zero attached hydrogens (tertiary/aromatic N) is 1. The molecule has 0 aromatic heterocycles. The highest BCUT2D eigenvalue weighted by Crippen LogP contribution is 2.47. The van der Waals surface area contributed by atoms with E-state index in [0.29, 0.717) is 17.5 Å². The zero-order valence-corrected chi connectivity index (χ0v) is 10.7. The molecule has 2 aliphatic rings. The Morgan fingerprint density at radius 1 is 1.25 bits per heavy atom. The molecule has 1 saturated heterocycles. The zero-order valence-electron chi connectivity index (χ0n) is 10.7. The third-order valence-corrected chi connectivity index (χ3v) is 3.59. The van der Waals surface area contributed by atoms with Gasteiger partial charge in [0.05, 0.1) is 24.9 Å². The lowest BCUT2D eigenvalue weighted by molar-refractivity contribution is -0.142. The van der Waals surface area contributed by atoms with Crippen molar-refractivity contribution in [2.75, 3.05) is 6.54 Å². The molecule has 5 heteroatoms. The minimum absolute atomic E-state index is 0.111. The molecule has 3 rings (SSSR count). The predicted molar refractivity (Wildman–Crippen MR) is 69.5 cm³/mol. The van der Waals surface area contributed by atoms with Crippen molar-refractivity contribution >= 4 is 11.8 Å². The van der Waals surface area contributed by atoms with Gasteiger partial charge in [-0.15, -0.1) is 0 Å². The lowest BCUT2D eigenvalue weighted by atomic mass is 10.1. The van der Waals surface area contributed by atoms with E-state index in [2.05, 4.69) is 11.8 Å². The first kappa shape index (κ1) is 12.8. The van der Waals surface area contributed by atoms with Crippen molar-refractivity contribution in [3.05, 3.63) is 35.1 Å². The molecule has 1 aliphatic carbocycles. The highest BCUT2D eigenvalue weighted by molar-refractivity contribution is 6.08. The number of carbonyl (C=O) groups is 2. The molecular formula is C15H13FN2O2. The van der Waals surface area contributed by atoms with Gasteiger partial charge in [-0.1, -0.05) is 11.8 Å². The van der Waals surface area contributed by atoms with Gasteiger partial charge in [0.2, 0.25) is 11.8 Å². The largest absolute Gasteiger partial charge is 0.320 e. The maximum Gasteiger partial charge on any atom is 0.233 e. The highest BCUT2D eigenvalue weighted by atomic mass is 19.1. The molecule has 102 valence electrons. The van der Waals surface area contributed by atoms with Crippen LogP contribution in [-0.2, 0) is 16.1 Å². The fraction of sp³-hybridized carbons (Fsp3) is 0.333. The predicted octanol–water partition coefficient (Wildman–Crippen LogP) is 0.641. The number of likely N-dealkylation sites (tertiary alicyclic amines) is 1. The molecule has 0 spiro atoms. The van der Waals surface area contributed by atoms with Crippen molar-refractivity contribution in [2.24, 2.45) is 17.6 Å². The van der Waals surface area contributed by atoms with Gasteiger partial charge >= 0.3 is 0 Å². The van der Waals surface area contributed by atoms with Crippen LogP contribution < -0.4 is 5.73 Å². The van der Waals surface area contributed by atoms with Gasteiger partial charge in [0.15, 0.2) is 0 Å². The molecule has 2 unspecified atom stereocenters. The summed E-state index contributed by atoms with van der Waals surface area (Å²) in [6.45, 7) is 0.304. The Bertz CT molecular complexity index is 640. The summed E-state index contributed by atoms with van der Waals surface area (Å²) in [6, 6.07) is 4.30. The van der Waals surface area contributed by atoms with Crippen LogP contribution in [0.4, 0.5) is 4.39 Å². The number of halogens is 1. The van der Waals surface area contributed by atoms with Crippen LogP contribution in [0.1, 0.15) is 17.5 Å². The van der Waals surface area contributed by atoms with E-state index >= 15 is 0 Å². The molecule has 2 fully saturated rings. The van der Waals surface area contributed by atoms with Gasteiger partial charge in [-0.05, 0) is 30.2 Å². The van der Waals surface area contributed by atoms with Gasteiger partial charge < -0.3 is 5.73 Å². The summed E-state index contributed by atoms with van der Waals surface area (Å²) < 4.78 is 13.5. The van der Waals surface area contributed by atoms with Gasteiger partial charge in [0.1, 0.15) is 5.82 Å². The second-order valence-corrected chi connectivity index (χ2v) is 5.07. The second kappa shape index (κ2) is 4.73. The summed E-state index contributed by atoms with van der Waals surface area (Å²) in [5.41, 5.74) is 6.34. The summed E-state index contributed by atoms with van der Waals surface area (Å²) in [4.78, 5) is 25.0. The van der Waals surface area contributed by atoms with Crippen LogP contribution in [0, 0.1) is 29.5 Å². The second-order valence-electron chi connectivity index (χ2n) is 5.07. The van der Waals surface area contributed by atoms with Crippen molar-refractivity contribution in [2.45, 2.75) is 13.0 Å². The van der Waals surface area contributed by atoms with Gasteiger partial charge in [0.25, 0.3) is 0 Å². The molecule has 0 radical (unpaired) electrons. The Morgan fingerprint density at radius 2 is 1.95 bits per heavy atom. The molecule has 4 nitrogen and oxygen atoms in total. The van der Waals surface area contributed by atoms with Crippen LogP contribution >= 0.6 is 0 Å². The van der Waals surface area contributed by atoms with E-state index in [1.54, 1.807) is 6.07 Å². The average Bonchev–Trinajstić information content (AvgIpc) is 3.16. The van der Waals surface area contributed by atoms with E-state index in [-0.39, 0.29) is 36.7 Å². The molecule has 1 heterocycles. The summed E-state index contributed by atoms with van der Waals surface area (Å²) >= 11 is 0. The van der Waals surface area contributed by atoms with Crippen LogP contribution in [0.15, 0.2) is 18.2 Å². The lowest BCUT2D eigenvalue weighted by Gasteiger charge is -2.16. The number of piperidine rings is 1. The molecule has 1 aromatic carbocycles. The first-order valence-corrected chi connectivity index (χ1v) is 6.44. The van der Waals surface area contributed by atoms with E-state index < -0.39 is 5.82 Å². The van der Waals surface area contributed by atoms with E-state index in [0.717, 1.165) is 0 Å². The van der Waals surface area contributed by atoms with Crippen molar-refractivity contribution in [3.8, 4) is 11.8 Å². The van der Waals surface area contributed by atoms with Gasteiger partial charge in [0, 0.05) is 5.56 Å². The monoisotopic (exact) mass is 272 g/mol. The Hall–Kier alpha value is -2.19. The van der Waals surface area contributed by atoms with Crippen LogP contribution in [-0.4, -0.2) is 23.3 Å². The Kier molecular flexibility index (Phi) is 3.03. The van der Waals surface area contributed by atoms with Gasteiger partial charge in [-0.25, -0.2) is 4.39 Å². The van der Waals surface area contributed by atoms with Crippen molar-refractivity contribution < 1.29 is 14.0 Å². The van der Waals surface area contributed by atoms with E-state index in [1.807, 2.05) is 0 Å². The Balaban J connectivity index is 1.82. The number of amides is 2. The number of hydrogen-bond acceptors (Lipinski definition) is 3. The standard InChI is InChI=1S/C15H13FN2O2/c16-11-5-9(2-1-3-17)4-10(6-11)8-18-14(19)12-7-13(12)15(18)20/h4-6,12-13H,3,7-8,17H2. The fourth-order valence-electron chi connectivity index (χ4n) is 2.56. The minimum atomic E-state index is -0.437. The molecule has 1 aliphatic heterocycles. The number of benzene rings is 1. The lowest BCUT2D eigenvalue weighted by Crippen LogP contribution is -2.32. The normalized spacial score (nSPS) is 23.4. The van der Waals surface area contributed by atoms with Crippen molar-refractivity contribution in [1.29, 1.82) is 0 Å². The molecule has 1 saturated carbocycles. The third kappa shape index (κ3) is 2.19. The highest BCUT2D eigenvalue weighted by Gasteiger charge is 2.58. The van der Waals surface area contributed by atoms with E-state index in [1.165, 1.54) is 17.0 Å². The van der Waals surface area contributed by atoms with Gasteiger partial charge in [-0.2, -0.15) is 0 Å². The molecule has 2 atom stereocenters. The van der Waals surface area contributed by atoms with Crippen LogP contribution in [0.25, 0.3) is 0 Å². The zero-order chi connectivity index (χ0) is 14.3. The summed E-state index contributed by atoms with van der Waals surface area (Å²) in [7, 11) is 0. The average molecular weight is 272 g/mol. The molecule has 2 amide bonds. The molecule has 0 bridgehead atoms. The quantitative estimate of drug-likeness (QED) is 0.635. The number of nitrogens with two attached hydrogens (primary N) is 1. The number of rotatable bonds is 2. The summed E-state index contributed by atoms with van der Waals surface area (Å²) in [6.07, 6.45) is 0.671. The number of imide groups is 1. The number of carbonyl (C=O) groups excluding carboxylic acids is 2. The molecule has 2 N–H and O–H groups in total. The maximum atomic E-state index is 13.5. The molecule has 1 aromatic rings. The Morgan fingerprint density at radius 3 is 2.60 bits per heavy atom. The number of fused-ring (bicyclic) bond motifs is 1. The minimum Gasteiger partial charge on any atom is -0.320 e. The fourth-order valence-corrected chi connectivity index (χ4v) is 2.56. The van der Waals surface area contributed by atoms with Gasteiger partial charge in [-0.3, -0.25) is 14.5 Å². The third-order valence-electron chi connectivity index (χ3n) is 3.59. The summed E-state index contributed by atoms with van der Waals surface area (Å²) in [5.74, 6) is 4.41. The first-order chi connectivity index (χ1) is 9.60. The van der Waals surface area contributed by atoms with Crippen LogP contribution in [0.3, 0.4) is 0 Å². The van der Waals surface area contributed by atoms with E-state index in [9.17, 15) is 14.0 Å².